The second-order valence-electron chi connectivity index (χ2n) is 7.28. The van der Waals surface area contributed by atoms with E-state index in [4.69, 9.17) is 22.1 Å². The van der Waals surface area contributed by atoms with Gasteiger partial charge in [-0.05, 0) is 31.0 Å². The van der Waals surface area contributed by atoms with Crippen LogP contribution in [0, 0.1) is 5.82 Å². The first-order valence-corrected chi connectivity index (χ1v) is 9.68. The summed E-state index contributed by atoms with van der Waals surface area (Å²) in [5.74, 6) is -1.22. The van der Waals surface area contributed by atoms with Crippen LogP contribution in [0.25, 0.3) is 11.3 Å². The molecule has 1 aromatic carbocycles. The van der Waals surface area contributed by atoms with Gasteiger partial charge >= 0.3 is 6.03 Å². The number of hydrogen-bond donors (Lipinski definition) is 2. The molecule has 2 aromatic rings. The Balaban J connectivity index is 1.57. The van der Waals surface area contributed by atoms with E-state index < -0.39 is 11.7 Å². The lowest BCUT2D eigenvalue weighted by Gasteiger charge is -2.37. The molecule has 0 spiro atoms. The number of aromatic nitrogens is 2. The second kappa shape index (κ2) is 7.64. The van der Waals surface area contributed by atoms with Gasteiger partial charge in [-0.3, -0.25) is 9.48 Å². The maximum absolute atomic E-state index is 13.5. The number of nitrogens with zero attached hydrogens (tertiary/aromatic N) is 3. The highest BCUT2D eigenvalue weighted by molar-refractivity contribution is 6.31. The molecule has 0 bridgehead atoms. The number of halogens is 2. The maximum atomic E-state index is 13.5. The van der Waals surface area contributed by atoms with Crippen LogP contribution >= 0.6 is 11.6 Å². The molecule has 1 aliphatic carbocycles. The first-order valence-electron chi connectivity index (χ1n) is 9.30. The predicted octanol–water partition coefficient (Wildman–Crippen LogP) is 2.14. The molecule has 1 fully saturated rings. The number of methoxy groups -OCH3 is 1. The number of primary amides is 1. The van der Waals surface area contributed by atoms with Crippen LogP contribution in [0.5, 0.6) is 0 Å². The first kappa shape index (κ1) is 19.7. The van der Waals surface area contributed by atoms with Crippen molar-refractivity contribution >= 4 is 23.5 Å². The Kier molecular flexibility index (Phi) is 5.18. The quantitative estimate of drug-likeness (QED) is 0.789. The van der Waals surface area contributed by atoms with Gasteiger partial charge in [0.15, 0.2) is 0 Å². The zero-order valence-electron chi connectivity index (χ0n) is 15.8. The molecule has 3 amide bonds. The van der Waals surface area contributed by atoms with Crippen molar-refractivity contribution in [1.82, 2.24) is 20.0 Å². The van der Waals surface area contributed by atoms with Crippen molar-refractivity contribution in [2.24, 2.45) is 5.73 Å². The Bertz CT molecular complexity index is 973. The Morgan fingerprint density at radius 3 is 2.76 bits per heavy atom. The molecule has 1 aromatic heterocycles. The largest absolute Gasteiger partial charge is 0.381 e. The third kappa shape index (κ3) is 3.67. The number of benzene rings is 1. The number of carbonyl (C=O) groups excluding carboxylic acids is 2. The standard InChI is InChI=1S/C19H21ClFN5O3/c1-29-12-7-11(8-12)23-19(28)25-4-5-26-15(9-25)16(18(22)27)17(24-26)10-2-3-14(21)13(20)6-10/h2-3,6,11-12H,4-5,7-9H2,1H3,(H2,22,27)(H,23,28)/t11-,12-. The fourth-order valence-electron chi connectivity index (χ4n) is 3.74. The van der Waals surface area contributed by atoms with Crippen molar-refractivity contribution < 1.29 is 18.7 Å². The van der Waals surface area contributed by atoms with E-state index >= 15 is 0 Å². The van der Waals surface area contributed by atoms with Crippen molar-refractivity contribution in [1.29, 1.82) is 0 Å². The maximum Gasteiger partial charge on any atom is 0.318 e. The number of hydrogen-bond acceptors (Lipinski definition) is 4. The van der Waals surface area contributed by atoms with Gasteiger partial charge in [-0.1, -0.05) is 11.6 Å². The number of fused-ring (bicyclic) bond motifs is 1. The summed E-state index contributed by atoms with van der Waals surface area (Å²) in [5.41, 5.74) is 7.21. The van der Waals surface area contributed by atoms with Crippen LogP contribution in [0.4, 0.5) is 9.18 Å². The summed E-state index contributed by atoms with van der Waals surface area (Å²) in [6.07, 6.45) is 1.76. The van der Waals surface area contributed by atoms with Crippen molar-refractivity contribution in [2.45, 2.75) is 38.1 Å². The van der Waals surface area contributed by atoms with Gasteiger partial charge in [0.25, 0.3) is 5.91 Å². The fraction of sp³-hybridized carbons (Fsp3) is 0.421. The number of amides is 3. The number of rotatable bonds is 4. The molecule has 154 valence electrons. The molecule has 29 heavy (non-hydrogen) atoms. The molecule has 2 heterocycles. The molecule has 0 unspecified atom stereocenters. The molecule has 0 saturated heterocycles. The molecule has 2 aliphatic rings. The molecule has 1 aliphatic heterocycles. The average Bonchev–Trinajstić information content (AvgIpc) is 3.05. The lowest BCUT2D eigenvalue weighted by Crippen LogP contribution is -2.53. The van der Waals surface area contributed by atoms with E-state index in [0.29, 0.717) is 30.0 Å². The topological polar surface area (TPSA) is 102 Å². The van der Waals surface area contributed by atoms with Gasteiger partial charge in [0.05, 0.1) is 35.5 Å². The van der Waals surface area contributed by atoms with Crippen molar-refractivity contribution in [3.63, 3.8) is 0 Å². The van der Waals surface area contributed by atoms with Gasteiger partial charge in [-0.25, -0.2) is 9.18 Å². The highest BCUT2D eigenvalue weighted by Crippen LogP contribution is 2.31. The van der Waals surface area contributed by atoms with Crippen LogP contribution in [0.15, 0.2) is 18.2 Å². The Morgan fingerprint density at radius 1 is 1.34 bits per heavy atom. The average molecular weight is 422 g/mol. The van der Waals surface area contributed by atoms with E-state index in [-0.39, 0.29) is 35.3 Å². The van der Waals surface area contributed by atoms with Crippen LogP contribution < -0.4 is 11.1 Å². The number of carbonyl (C=O) groups is 2. The van der Waals surface area contributed by atoms with Gasteiger partial charge in [0.1, 0.15) is 11.5 Å². The van der Waals surface area contributed by atoms with Crippen LogP contribution in [0.3, 0.4) is 0 Å². The zero-order valence-corrected chi connectivity index (χ0v) is 16.6. The predicted molar refractivity (Wildman–Crippen MR) is 104 cm³/mol. The van der Waals surface area contributed by atoms with Crippen molar-refractivity contribution in [2.75, 3.05) is 13.7 Å². The van der Waals surface area contributed by atoms with Crippen molar-refractivity contribution in [3.05, 3.63) is 40.3 Å². The highest BCUT2D eigenvalue weighted by Gasteiger charge is 2.34. The van der Waals surface area contributed by atoms with E-state index in [2.05, 4.69) is 10.4 Å². The highest BCUT2D eigenvalue weighted by atomic mass is 35.5. The van der Waals surface area contributed by atoms with Crippen LogP contribution in [0.1, 0.15) is 28.9 Å². The van der Waals surface area contributed by atoms with Crippen LogP contribution in [0.2, 0.25) is 5.02 Å². The van der Waals surface area contributed by atoms with Gasteiger partial charge in [-0.2, -0.15) is 5.10 Å². The molecule has 4 rings (SSSR count). The third-order valence-electron chi connectivity index (χ3n) is 5.46. The van der Waals surface area contributed by atoms with Gasteiger partial charge in [0.2, 0.25) is 0 Å². The minimum atomic E-state index is -0.661. The van der Waals surface area contributed by atoms with E-state index in [9.17, 15) is 14.0 Å². The van der Waals surface area contributed by atoms with E-state index in [1.54, 1.807) is 16.7 Å². The Hall–Kier alpha value is -2.65. The SMILES string of the molecule is CO[C@H]1C[C@H](NC(=O)N2CCn3nc(-c4ccc(F)c(Cl)c4)c(C(N)=O)c3C2)C1. The molecule has 0 radical (unpaired) electrons. The molecular weight excluding hydrogens is 401 g/mol. The van der Waals surface area contributed by atoms with E-state index in [0.717, 1.165) is 12.8 Å². The van der Waals surface area contributed by atoms with Crippen LogP contribution in [-0.4, -0.2) is 52.4 Å². The summed E-state index contributed by atoms with van der Waals surface area (Å²) < 4.78 is 20.4. The van der Waals surface area contributed by atoms with Gasteiger partial charge < -0.3 is 20.7 Å². The normalized spacial score (nSPS) is 20.7. The number of urea groups is 1. The van der Waals surface area contributed by atoms with Gasteiger partial charge in [0, 0.05) is 25.3 Å². The second-order valence-corrected chi connectivity index (χ2v) is 7.69. The number of nitrogens with two attached hydrogens (primary N) is 1. The van der Waals surface area contributed by atoms with E-state index in [1.807, 2.05) is 0 Å². The number of nitrogens with one attached hydrogen (secondary N) is 1. The monoisotopic (exact) mass is 421 g/mol. The lowest BCUT2D eigenvalue weighted by atomic mass is 9.89. The summed E-state index contributed by atoms with van der Waals surface area (Å²) >= 11 is 5.88. The first-order chi connectivity index (χ1) is 13.9. The summed E-state index contributed by atoms with van der Waals surface area (Å²) in [6.45, 7) is 1.07. The minimum absolute atomic E-state index is 0.0697. The van der Waals surface area contributed by atoms with Gasteiger partial charge in [-0.15, -0.1) is 0 Å². The molecule has 8 nitrogen and oxygen atoms in total. The summed E-state index contributed by atoms with van der Waals surface area (Å²) in [4.78, 5) is 26.4. The molecule has 1 saturated carbocycles. The molecular formula is C19H21ClFN5O3. The molecule has 10 heteroatoms. The molecule has 3 N–H and O–H groups in total. The minimum Gasteiger partial charge on any atom is -0.381 e. The smallest absolute Gasteiger partial charge is 0.318 e. The van der Waals surface area contributed by atoms with E-state index in [1.165, 1.54) is 18.2 Å². The Labute approximate surface area is 171 Å². The summed E-state index contributed by atoms with van der Waals surface area (Å²) in [5, 5.41) is 7.39. The third-order valence-corrected chi connectivity index (χ3v) is 5.75. The number of ether oxygens (including phenoxy) is 1. The summed E-state index contributed by atoms with van der Waals surface area (Å²) in [6, 6.07) is 4.01. The Morgan fingerprint density at radius 2 is 2.10 bits per heavy atom. The molecule has 0 atom stereocenters. The van der Waals surface area contributed by atoms with Crippen LogP contribution in [-0.2, 0) is 17.8 Å². The summed E-state index contributed by atoms with van der Waals surface area (Å²) in [7, 11) is 1.66. The van der Waals surface area contributed by atoms with Crippen molar-refractivity contribution in [3.8, 4) is 11.3 Å². The fourth-order valence-corrected chi connectivity index (χ4v) is 3.92. The zero-order chi connectivity index (χ0) is 20.7. The lowest BCUT2D eigenvalue weighted by molar-refractivity contribution is 0.0187.